The number of nitrogens with zero attached hydrogens (tertiary/aromatic N) is 3. The molecule has 1 aromatic carbocycles. The summed E-state index contributed by atoms with van der Waals surface area (Å²) >= 11 is 0. The summed E-state index contributed by atoms with van der Waals surface area (Å²) in [4.78, 5) is 20.4. The van der Waals surface area contributed by atoms with E-state index in [9.17, 15) is 4.79 Å². The molecule has 0 spiro atoms. The van der Waals surface area contributed by atoms with Gasteiger partial charge in [0.05, 0.1) is 19.9 Å². The number of methoxy groups -OCH3 is 2. The van der Waals surface area contributed by atoms with Crippen LogP contribution in [0.1, 0.15) is 12.7 Å². The van der Waals surface area contributed by atoms with Gasteiger partial charge in [0.15, 0.2) is 11.5 Å². The van der Waals surface area contributed by atoms with E-state index in [2.05, 4.69) is 20.8 Å². The molecule has 0 saturated carbocycles. The van der Waals surface area contributed by atoms with E-state index in [4.69, 9.17) is 9.47 Å². The van der Waals surface area contributed by atoms with E-state index in [1.54, 1.807) is 32.2 Å². The lowest BCUT2D eigenvalue weighted by Crippen LogP contribution is -2.30. The van der Waals surface area contributed by atoms with Crippen LogP contribution in [-0.4, -0.2) is 35.3 Å². The van der Waals surface area contributed by atoms with Crippen molar-refractivity contribution >= 4 is 5.95 Å². The van der Waals surface area contributed by atoms with Gasteiger partial charge in [0, 0.05) is 12.6 Å². The lowest BCUT2D eigenvalue weighted by atomic mass is 10.2. The summed E-state index contributed by atoms with van der Waals surface area (Å²) in [6.07, 6.45) is 0. The molecule has 0 radical (unpaired) electrons. The van der Waals surface area contributed by atoms with E-state index in [0.717, 1.165) is 0 Å². The number of hydrogen-bond acceptors (Lipinski definition) is 7. The molecular weight excluding hydrogens is 286 g/mol. The van der Waals surface area contributed by atoms with Gasteiger partial charge in [0.2, 0.25) is 5.95 Å². The molecule has 0 aliphatic carbocycles. The Morgan fingerprint density at radius 2 is 1.91 bits per heavy atom. The number of benzene rings is 1. The van der Waals surface area contributed by atoms with E-state index >= 15 is 0 Å². The summed E-state index contributed by atoms with van der Waals surface area (Å²) in [5.74, 6) is 1.86. The molecule has 0 unspecified atom stereocenters. The number of rotatable bonds is 6. The van der Waals surface area contributed by atoms with Crippen LogP contribution in [0.4, 0.5) is 5.95 Å². The first-order valence-corrected chi connectivity index (χ1v) is 6.79. The zero-order valence-corrected chi connectivity index (χ0v) is 13.0. The van der Waals surface area contributed by atoms with E-state index in [1.807, 2.05) is 6.92 Å². The summed E-state index contributed by atoms with van der Waals surface area (Å²) in [7, 11) is 3.09. The van der Waals surface area contributed by atoms with Crippen LogP contribution in [0.2, 0.25) is 0 Å². The fraction of sp³-hybridized carbons (Fsp3) is 0.357. The lowest BCUT2D eigenvalue weighted by Gasteiger charge is -2.13. The predicted octanol–water partition coefficient (Wildman–Crippen LogP) is 0.890. The van der Waals surface area contributed by atoms with Gasteiger partial charge in [-0.05, 0) is 19.1 Å². The van der Waals surface area contributed by atoms with Gasteiger partial charge in [-0.25, -0.2) is 14.8 Å². The van der Waals surface area contributed by atoms with Crippen LogP contribution in [0.15, 0.2) is 23.0 Å². The molecule has 2 N–H and O–H groups in total. The van der Waals surface area contributed by atoms with Gasteiger partial charge in [-0.2, -0.15) is 9.97 Å². The number of anilines is 1. The minimum absolute atomic E-state index is 0.237. The molecule has 0 fully saturated rings. The zero-order chi connectivity index (χ0) is 16.1. The van der Waals surface area contributed by atoms with Crippen molar-refractivity contribution in [3.63, 3.8) is 0 Å². The smallest absolute Gasteiger partial charge is 0.356 e. The van der Waals surface area contributed by atoms with Crippen LogP contribution in [0.3, 0.4) is 0 Å². The largest absolute Gasteiger partial charge is 0.493 e. The highest BCUT2D eigenvalue weighted by Gasteiger charge is 2.11. The van der Waals surface area contributed by atoms with Crippen molar-refractivity contribution < 1.29 is 9.47 Å². The highest BCUT2D eigenvalue weighted by Crippen LogP contribution is 2.28. The summed E-state index contributed by atoms with van der Waals surface area (Å²) in [6, 6.07) is 5.18. The maximum absolute atomic E-state index is 12.3. The van der Waals surface area contributed by atoms with Crippen molar-refractivity contribution in [3.8, 4) is 17.2 Å². The van der Waals surface area contributed by atoms with Crippen LogP contribution >= 0.6 is 0 Å². The second kappa shape index (κ2) is 6.90. The van der Waals surface area contributed by atoms with Crippen molar-refractivity contribution in [3.05, 3.63) is 34.5 Å². The number of ether oxygens (including phenoxy) is 2. The SMILES string of the molecule is CCNNc1nc(C)n(-c2ccc(OC)c(OC)c2)c(=O)n1. The first-order chi connectivity index (χ1) is 10.6. The Hall–Kier alpha value is -2.61. The monoisotopic (exact) mass is 305 g/mol. The van der Waals surface area contributed by atoms with Crippen LogP contribution in [0.25, 0.3) is 5.69 Å². The number of aromatic nitrogens is 3. The van der Waals surface area contributed by atoms with E-state index in [1.165, 1.54) is 11.7 Å². The molecule has 0 atom stereocenters. The Morgan fingerprint density at radius 1 is 1.18 bits per heavy atom. The third-order valence-corrected chi connectivity index (χ3v) is 2.99. The first-order valence-electron chi connectivity index (χ1n) is 6.79. The molecule has 0 amide bonds. The first kappa shape index (κ1) is 15.8. The second-order valence-electron chi connectivity index (χ2n) is 4.41. The minimum atomic E-state index is -0.430. The lowest BCUT2D eigenvalue weighted by molar-refractivity contribution is 0.355. The van der Waals surface area contributed by atoms with Gasteiger partial charge in [-0.15, -0.1) is 0 Å². The Morgan fingerprint density at radius 3 is 2.50 bits per heavy atom. The van der Waals surface area contributed by atoms with Crippen molar-refractivity contribution in [1.29, 1.82) is 0 Å². The van der Waals surface area contributed by atoms with Gasteiger partial charge >= 0.3 is 5.69 Å². The third-order valence-electron chi connectivity index (χ3n) is 2.99. The molecule has 2 rings (SSSR count). The van der Waals surface area contributed by atoms with Crippen molar-refractivity contribution in [2.75, 3.05) is 26.2 Å². The molecule has 22 heavy (non-hydrogen) atoms. The molecule has 1 aromatic heterocycles. The van der Waals surface area contributed by atoms with Gasteiger partial charge < -0.3 is 9.47 Å². The normalized spacial score (nSPS) is 10.4. The number of aryl methyl sites for hydroxylation is 1. The summed E-state index contributed by atoms with van der Waals surface area (Å²) in [6.45, 7) is 4.34. The predicted molar refractivity (Wildman–Crippen MR) is 82.8 cm³/mol. The van der Waals surface area contributed by atoms with Gasteiger partial charge in [0.25, 0.3) is 0 Å². The summed E-state index contributed by atoms with van der Waals surface area (Å²) in [5, 5.41) is 0. The second-order valence-corrected chi connectivity index (χ2v) is 4.41. The van der Waals surface area contributed by atoms with E-state index in [-0.39, 0.29) is 5.95 Å². The molecule has 0 saturated heterocycles. The Labute approximate surface area is 128 Å². The molecule has 8 nitrogen and oxygen atoms in total. The fourth-order valence-corrected chi connectivity index (χ4v) is 1.99. The molecule has 0 aliphatic heterocycles. The Balaban J connectivity index is 2.47. The highest BCUT2D eigenvalue weighted by molar-refractivity contribution is 5.49. The fourth-order valence-electron chi connectivity index (χ4n) is 1.99. The quantitative estimate of drug-likeness (QED) is 0.766. The summed E-state index contributed by atoms with van der Waals surface area (Å²) < 4.78 is 11.8. The minimum Gasteiger partial charge on any atom is -0.493 e. The van der Waals surface area contributed by atoms with Crippen molar-refractivity contribution in [2.24, 2.45) is 0 Å². The van der Waals surface area contributed by atoms with E-state index in [0.29, 0.717) is 29.6 Å². The van der Waals surface area contributed by atoms with Crippen molar-refractivity contribution in [1.82, 2.24) is 20.0 Å². The van der Waals surface area contributed by atoms with Gasteiger partial charge in [-0.3, -0.25) is 5.43 Å². The Bertz CT molecular complexity index is 714. The van der Waals surface area contributed by atoms with Gasteiger partial charge in [0.1, 0.15) is 5.82 Å². The number of nitrogens with one attached hydrogen (secondary N) is 2. The average molecular weight is 305 g/mol. The molecule has 2 aromatic rings. The standard InChI is InChI=1S/C14H19N5O3/c1-5-15-18-13-16-9(2)19(14(20)17-13)10-6-7-11(21-3)12(8-10)22-4/h6-8,15H,5H2,1-4H3,(H,17,18,20). The van der Waals surface area contributed by atoms with Crippen LogP contribution in [-0.2, 0) is 0 Å². The number of hydrazine groups is 1. The molecule has 118 valence electrons. The molecule has 0 bridgehead atoms. The van der Waals surface area contributed by atoms with Gasteiger partial charge in [-0.1, -0.05) is 6.92 Å². The number of hydrogen-bond donors (Lipinski definition) is 2. The molecule has 0 aliphatic rings. The maximum Gasteiger partial charge on any atom is 0.356 e. The maximum atomic E-state index is 12.3. The molecule has 8 heteroatoms. The summed E-state index contributed by atoms with van der Waals surface area (Å²) in [5.41, 5.74) is 5.79. The highest BCUT2D eigenvalue weighted by atomic mass is 16.5. The Kier molecular flexibility index (Phi) is 4.95. The van der Waals surface area contributed by atoms with Crippen molar-refractivity contribution in [2.45, 2.75) is 13.8 Å². The van der Waals surface area contributed by atoms with Crippen LogP contribution in [0, 0.1) is 6.92 Å². The van der Waals surface area contributed by atoms with Crippen LogP contribution in [0.5, 0.6) is 11.5 Å². The zero-order valence-electron chi connectivity index (χ0n) is 13.0. The third kappa shape index (κ3) is 3.17. The molecular formula is C14H19N5O3. The van der Waals surface area contributed by atoms with E-state index < -0.39 is 5.69 Å². The topological polar surface area (TPSA) is 90.3 Å². The van der Waals surface area contributed by atoms with Crippen LogP contribution < -0.4 is 26.0 Å². The average Bonchev–Trinajstić information content (AvgIpc) is 2.52. The molecule has 1 heterocycles.